The molecule has 1 aliphatic heterocycles. The molecule has 0 amide bonds. The molecule has 1 aromatic carbocycles. The Hall–Kier alpha value is -4.34. The zero-order valence-electron chi connectivity index (χ0n) is 22.0. The van der Waals surface area contributed by atoms with Gasteiger partial charge in [0.2, 0.25) is 5.88 Å². The van der Waals surface area contributed by atoms with Crippen molar-refractivity contribution in [3.8, 4) is 23.1 Å². The van der Waals surface area contributed by atoms with Crippen molar-refractivity contribution >= 4 is 22.4 Å². The zero-order chi connectivity index (χ0) is 29.3. The van der Waals surface area contributed by atoms with E-state index in [0.717, 1.165) is 6.92 Å². The number of benzene rings is 1. The smallest absolute Gasteiger partial charge is 0.417 e. The number of nitrogens with two attached hydrogens (primary N) is 1. The van der Waals surface area contributed by atoms with Crippen LogP contribution in [0.5, 0.6) is 11.9 Å². The van der Waals surface area contributed by atoms with Crippen LogP contribution in [0.25, 0.3) is 22.2 Å². The van der Waals surface area contributed by atoms with Crippen molar-refractivity contribution in [1.29, 1.82) is 0 Å². The van der Waals surface area contributed by atoms with Crippen LogP contribution in [0, 0.1) is 18.6 Å². The maximum absolute atomic E-state index is 16.3. The molecule has 218 valence electrons. The molecule has 1 aliphatic rings. The van der Waals surface area contributed by atoms with Gasteiger partial charge in [-0.15, -0.1) is 0 Å². The molecule has 11 nitrogen and oxygen atoms in total. The Balaban J connectivity index is 1.73. The van der Waals surface area contributed by atoms with Gasteiger partial charge in [-0.05, 0) is 38.4 Å². The summed E-state index contributed by atoms with van der Waals surface area (Å²) < 4.78 is 86.5. The second-order valence-corrected chi connectivity index (χ2v) is 9.38. The van der Waals surface area contributed by atoms with Gasteiger partial charge in [0.15, 0.2) is 5.82 Å². The molecular weight excluding hydrogens is 553 g/mol. The first-order chi connectivity index (χ1) is 19.5. The van der Waals surface area contributed by atoms with Gasteiger partial charge in [0, 0.05) is 18.7 Å². The van der Waals surface area contributed by atoms with Gasteiger partial charge < -0.3 is 25.8 Å². The number of ether oxygens (including phenoxy) is 2. The SMILES string of the molecule is Cc1c(F)c(N)cc(-c2nc3c4c(nc(OCCn5cncn5)nc4c2F)NCCNCCC(C)O3)c1C(F)(F)F. The average Bonchev–Trinajstić information content (AvgIpc) is 3.42. The molecule has 0 radical (unpaired) electrons. The Morgan fingerprint density at radius 3 is 2.68 bits per heavy atom. The summed E-state index contributed by atoms with van der Waals surface area (Å²) in [5.74, 6) is -2.55. The first-order valence-electron chi connectivity index (χ1n) is 12.7. The summed E-state index contributed by atoms with van der Waals surface area (Å²) in [6.45, 7) is 4.44. The minimum absolute atomic E-state index is 0.0176. The normalized spacial score (nSPS) is 16.1. The van der Waals surface area contributed by atoms with Gasteiger partial charge in [0.05, 0.1) is 23.9 Å². The van der Waals surface area contributed by atoms with Crippen molar-refractivity contribution < 1.29 is 31.4 Å². The van der Waals surface area contributed by atoms with Crippen LogP contribution in [0.15, 0.2) is 18.7 Å². The monoisotopic (exact) mass is 579 g/mol. The standard InChI is InChI=1S/C25H26F5N9O2/c1-12-3-4-32-5-6-34-22-16-21(37-24(38-22)40-8-7-39-11-33-10-35-39)19(27)20(36-23(16)41-12)14-9-15(31)18(26)13(2)17(14)25(28,29)30/h9-12,32H,3-8,31H2,1-2H3,(H,34,37,38). The van der Waals surface area contributed by atoms with E-state index in [-0.39, 0.29) is 36.2 Å². The third-order valence-electron chi connectivity index (χ3n) is 6.45. The van der Waals surface area contributed by atoms with Crippen molar-refractivity contribution in [2.75, 3.05) is 37.3 Å². The Morgan fingerprint density at radius 2 is 1.95 bits per heavy atom. The number of aromatic nitrogens is 6. The fourth-order valence-electron chi connectivity index (χ4n) is 4.48. The number of hydrogen-bond acceptors (Lipinski definition) is 10. The molecule has 3 aromatic heterocycles. The lowest BCUT2D eigenvalue weighted by Gasteiger charge is -2.21. The van der Waals surface area contributed by atoms with Crippen LogP contribution in [0.2, 0.25) is 0 Å². The predicted molar refractivity (Wildman–Crippen MR) is 138 cm³/mol. The molecule has 0 saturated heterocycles. The number of alkyl halides is 3. The quantitative estimate of drug-likeness (QED) is 0.237. The minimum atomic E-state index is -5.05. The van der Waals surface area contributed by atoms with Gasteiger partial charge in [-0.25, -0.2) is 23.4 Å². The van der Waals surface area contributed by atoms with Gasteiger partial charge in [0.25, 0.3) is 0 Å². The molecule has 4 N–H and O–H groups in total. The highest BCUT2D eigenvalue weighted by Crippen LogP contribution is 2.44. The summed E-state index contributed by atoms with van der Waals surface area (Å²) in [6.07, 6.45) is -2.18. The minimum Gasteiger partial charge on any atom is -0.474 e. The Bertz CT molecular complexity index is 1560. The van der Waals surface area contributed by atoms with E-state index < -0.39 is 57.5 Å². The van der Waals surface area contributed by atoms with Gasteiger partial charge in [-0.2, -0.15) is 28.2 Å². The summed E-state index contributed by atoms with van der Waals surface area (Å²) in [4.78, 5) is 16.6. The summed E-state index contributed by atoms with van der Waals surface area (Å²) >= 11 is 0. The summed E-state index contributed by atoms with van der Waals surface area (Å²) in [7, 11) is 0. The van der Waals surface area contributed by atoms with E-state index in [9.17, 15) is 17.6 Å². The Morgan fingerprint density at radius 1 is 1.15 bits per heavy atom. The van der Waals surface area contributed by atoms with E-state index in [1.54, 1.807) is 6.92 Å². The maximum atomic E-state index is 16.3. The lowest BCUT2D eigenvalue weighted by molar-refractivity contribution is -0.137. The fraction of sp³-hybridized carbons (Fsp3) is 0.400. The number of pyridine rings is 1. The highest BCUT2D eigenvalue weighted by Gasteiger charge is 2.39. The number of nitrogens with one attached hydrogen (secondary N) is 2. The number of halogens is 5. The van der Waals surface area contributed by atoms with E-state index in [2.05, 4.69) is 35.7 Å². The molecule has 1 atom stereocenters. The molecule has 0 fully saturated rings. The van der Waals surface area contributed by atoms with Crippen LogP contribution in [-0.2, 0) is 12.7 Å². The molecule has 4 heterocycles. The highest BCUT2D eigenvalue weighted by molar-refractivity contribution is 5.96. The van der Waals surface area contributed by atoms with E-state index in [4.69, 9.17) is 15.2 Å². The van der Waals surface area contributed by atoms with Crippen LogP contribution in [0.3, 0.4) is 0 Å². The molecular formula is C25H26F5N9O2. The van der Waals surface area contributed by atoms with Crippen molar-refractivity contribution in [3.63, 3.8) is 0 Å². The average molecular weight is 580 g/mol. The molecule has 0 aliphatic carbocycles. The maximum Gasteiger partial charge on any atom is 0.417 e. The molecule has 41 heavy (non-hydrogen) atoms. The lowest BCUT2D eigenvalue weighted by Crippen LogP contribution is -2.26. The predicted octanol–water partition coefficient (Wildman–Crippen LogP) is 3.72. The molecule has 0 bridgehead atoms. The topological polar surface area (TPSA) is 138 Å². The number of hydrogen-bond donors (Lipinski definition) is 3. The van der Waals surface area contributed by atoms with E-state index in [0.29, 0.717) is 32.1 Å². The molecule has 16 heteroatoms. The summed E-state index contributed by atoms with van der Waals surface area (Å²) in [5, 5.41) is 10.3. The van der Waals surface area contributed by atoms with Gasteiger partial charge in [0.1, 0.15) is 47.5 Å². The summed E-state index contributed by atoms with van der Waals surface area (Å²) in [6, 6.07) is 0.465. The van der Waals surface area contributed by atoms with Crippen molar-refractivity contribution in [2.45, 2.75) is 39.1 Å². The first kappa shape index (κ1) is 28.2. The Labute approximate surface area is 230 Å². The third kappa shape index (κ3) is 5.77. The second kappa shape index (κ2) is 11.3. The van der Waals surface area contributed by atoms with Crippen LogP contribution < -0.4 is 25.8 Å². The van der Waals surface area contributed by atoms with Crippen molar-refractivity contribution in [3.05, 3.63) is 41.5 Å². The number of nitrogens with zero attached hydrogens (tertiary/aromatic N) is 6. The first-order valence-corrected chi connectivity index (χ1v) is 12.7. The van der Waals surface area contributed by atoms with Crippen LogP contribution in [0.4, 0.5) is 33.5 Å². The van der Waals surface area contributed by atoms with Gasteiger partial charge >= 0.3 is 12.2 Å². The zero-order valence-corrected chi connectivity index (χ0v) is 22.0. The van der Waals surface area contributed by atoms with Gasteiger partial charge in [-0.3, -0.25) is 0 Å². The van der Waals surface area contributed by atoms with Crippen LogP contribution in [0.1, 0.15) is 24.5 Å². The largest absolute Gasteiger partial charge is 0.474 e. The van der Waals surface area contributed by atoms with Crippen molar-refractivity contribution in [2.24, 2.45) is 0 Å². The number of anilines is 2. The molecule has 0 saturated carbocycles. The highest BCUT2D eigenvalue weighted by atomic mass is 19.4. The third-order valence-corrected chi connectivity index (χ3v) is 6.45. The molecule has 0 spiro atoms. The molecule has 1 unspecified atom stereocenters. The second-order valence-electron chi connectivity index (χ2n) is 9.38. The summed E-state index contributed by atoms with van der Waals surface area (Å²) in [5.41, 5.74) is 0.986. The Kier molecular flexibility index (Phi) is 7.75. The fourth-order valence-corrected chi connectivity index (χ4v) is 4.48. The molecule has 5 rings (SSSR count). The van der Waals surface area contributed by atoms with E-state index in [1.165, 1.54) is 17.3 Å². The number of rotatable bonds is 5. The van der Waals surface area contributed by atoms with Gasteiger partial charge in [-0.1, -0.05) is 0 Å². The van der Waals surface area contributed by atoms with Crippen molar-refractivity contribution in [1.82, 2.24) is 35.0 Å². The van der Waals surface area contributed by atoms with E-state index in [1.807, 2.05) is 0 Å². The van der Waals surface area contributed by atoms with Crippen LogP contribution in [-0.4, -0.2) is 62.1 Å². The van der Waals surface area contributed by atoms with E-state index >= 15 is 4.39 Å². The lowest BCUT2D eigenvalue weighted by atomic mass is 9.96. The van der Waals surface area contributed by atoms with Crippen LogP contribution >= 0.6 is 0 Å². The number of nitrogen functional groups attached to an aromatic ring is 1. The molecule has 4 aromatic rings.